The van der Waals surface area contributed by atoms with Crippen LogP contribution in [-0.4, -0.2) is 47.6 Å². The van der Waals surface area contributed by atoms with Crippen molar-refractivity contribution in [3.8, 4) is 0 Å². The summed E-state index contributed by atoms with van der Waals surface area (Å²) in [5.74, 6) is -0.693. The number of ether oxygens (including phenoxy) is 2. The van der Waals surface area contributed by atoms with Crippen molar-refractivity contribution in [2.45, 2.75) is 135 Å². The van der Waals surface area contributed by atoms with Crippen molar-refractivity contribution < 1.29 is 29.3 Å². The second kappa shape index (κ2) is 30.5. The van der Waals surface area contributed by atoms with Crippen LogP contribution in [0.25, 0.3) is 0 Å². The van der Waals surface area contributed by atoms with Gasteiger partial charge in [0.2, 0.25) is 0 Å². The average molecular weight is 575 g/mol. The van der Waals surface area contributed by atoms with E-state index in [1.54, 1.807) is 0 Å². The van der Waals surface area contributed by atoms with Gasteiger partial charge < -0.3 is 19.7 Å². The maximum absolute atomic E-state index is 12.1. The van der Waals surface area contributed by atoms with Gasteiger partial charge in [-0.05, 0) is 44.9 Å². The largest absolute Gasteiger partial charge is 0.462 e. The van der Waals surface area contributed by atoms with E-state index in [0.717, 1.165) is 44.9 Å². The van der Waals surface area contributed by atoms with E-state index < -0.39 is 12.2 Å². The van der Waals surface area contributed by atoms with Crippen LogP contribution >= 0.6 is 0 Å². The molecule has 2 atom stereocenters. The SMILES string of the molecule is CC/C=C\C(O)C/C=C/C=C\C/C=C\C/C=C\CCCC(=O)O[C@@H](CO)COC(=O)CCCCCCCCCCC. The van der Waals surface area contributed by atoms with Crippen LogP contribution in [0.5, 0.6) is 0 Å². The number of allylic oxidation sites excluding steroid dienone is 8. The quantitative estimate of drug-likeness (QED) is 0.0444. The first-order valence-electron chi connectivity index (χ1n) is 16.0. The summed E-state index contributed by atoms with van der Waals surface area (Å²) >= 11 is 0. The highest BCUT2D eigenvalue weighted by Crippen LogP contribution is 2.11. The number of esters is 2. The number of aliphatic hydroxyl groups is 2. The summed E-state index contributed by atoms with van der Waals surface area (Å²) in [5, 5.41) is 19.2. The zero-order valence-electron chi connectivity index (χ0n) is 25.9. The van der Waals surface area contributed by atoms with Gasteiger partial charge in [0.1, 0.15) is 6.61 Å². The molecule has 234 valence electrons. The lowest BCUT2D eigenvalue weighted by Crippen LogP contribution is -2.28. The second-order valence-electron chi connectivity index (χ2n) is 10.4. The van der Waals surface area contributed by atoms with Gasteiger partial charge in [-0.1, -0.05) is 126 Å². The summed E-state index contributed by atoms with van der Waals surface area (Å²) in [6, 6.07) is 0. The van der Waals surface area contributed by atoms with Crippen LogP contribution in [0.15, 0.2) is 60.8 Å². The molecule has 0 amide bonds. The van der Waals surface area contributed by atoms with E-state index in [-0.39, 0.29) is 31.6 Å². The minimum atomic E-state index is -0.811. The predicted molar refractivity (Wildman–Crippen MR) is 169 cm³/mol. The molecule has 6 heteroatoms. The third kappa shape index (κ3) is 28.9. The maximum atomic E-state index is 12.1. The van der Waals surface area contributed by atoms with Crippen molar-refractivity contribution in [1.82, 2.24) is 0 Å². The van der Waals surface area contributed by atoms with Gasteiger partial charge in [0.25, 0.3) is 0 Å². The average Bonchev–Trinajstić information content (AvgIpc) is 2.97. The zero-order valence-corrected chi connectivity index (χ0v) is 25.9. The van der Waals surface area contributed by atoms with E-state index >= 15 is 0 Å². The number of hydrogen-bond acceptors (Lipinski definition) is 6. The first kappa shape index (κ1) is 38.6. The molecular weight excluding hydrogens is 516 g/mol. The predicted octanol–water partition coefficient (Wildman–Crippen LogP) is 8.25. The van der Waals surface area contributed by atoms with Crippen LogP contribution in [0.1, 0.15) is 123 Å². The topological polar surface area (TPSA) is 93.1 Å². The Hall–Kier alpha value is -2.44. The Kier molecular flexibility index (Phi) is 28.7. The van der Waals surface area contributed by atoms with E-state index in [0.29, 0.717) is 19.3 Å². The lowest BCUT2D eigenvalue weighted by atomic mass is 10.1. The van der Waals surface area contributed by atoms with Crippen molar-refractivity contribution in [3.63, 3.8) is 0 Å². The van der Waals surface area contributed by atoms with Crippen LogP contribution in [0.2, 0.25) is 0 Å². The smallest absolute Gasteiger partial charge is 0.306 e. The molecule has 2 N–H and O–H groups in total. The lowest BCUT2D eigenvalue weighted by molar-refractivity contribution is -0.161. The maximum Gasteiger partial charge on any atom is 0.306 e. The Bertz CT molecular complexity index is 765. The zero-order chi connectivity index (χ0) is 30.2. The van der Waals surface area contributed by atoms with Gasteiger partial charge in [0, 0.05) is 12.8 Å². The number of hydrogen-bond donors (Lipinski definition) is 2. The molecule has 0 fully saturated rings. The number of unbranched alkanes of at least 4 members (excludes halogenated alkanes) is 9. The standard InChI is InChI=1S/C35H58O6/c1-3-5-7-8-9-14-18-21-24-28-34(38)40-31-33(30-36)41-35(39)29-25-22-19-16-13-11-10-12-15-17-20-23-27-32(37)26-6-4-2/h6,10-11,15-17,19-20,23,26,32-33,36-37H,3-5,7-9,12-14,18,21-22,24-25,27-31H2,1-2H3/b11-10-,17-15-,19-16-,23-20+,26-6-/t32?,33-/m0/s1. The van der Waals surface area contributed by atoms with Crippen molar-refractivity contribution in [1.29, 1.82) is 0 Å². The van der Waals surface area contributed by atoms with E-state index in [2.05, 4.69) is 31.2 Å². The molecule has 0 spiro atoms. The van der Waals surface area contributed by atoms with Gasteiger partial charge in [0.05, 0.1) is 12.7 Å². The van der Waals surface area contributed by atoms with E-state index in [9.17, 15) is 19.8 Å². The molecule has 41 heavy (non-hydrogen) atoms. The van der Waals surface area contributed by atoms with E-state index in [1.807, 2.05) is 43.4 Å². The molecule has 0 saturated carbocycles. The number of aliphatic hydroxyl groups excluding tert-OH is 2. The van der Waals surface area contributed by atoms with Crippen LogP contribution in [-0.2, 0) is 19.1 Å². The fourth-order valence-corrected chi connectivity index (χ4v) is 3.96. The van der Waals surface area contributed by atoms with Gasteiger partial charge in [0.15, 0.2) is 6.10 Å². The molecule has 0 rings (SSSR count). The van der Waals surface area contributed by atoms with Gasteiger partial charge in [-0.3, -0.25) is 9.59 Å². The molecule has 1 unspecified atom stereocenters. The molecule has 0 aliphatic carbocycles. The molecule has 0 aliphatic rings. The molecule has 6 nitrogen and oxygen atoms in total. The molecular formula is C35H58O6. The van der Waals surface area contributed by atoms with Gasteiger partial charge in [-0.2, -0.15) is 0 Å². The fraction of sp³-hybridized carbons (Fsp3) is 0.657. The van der Waals surface area contributed by atoms with Crippen molar-refractivity contribution in [2.24, 2.45) is 0 Å². The second-order valence-corrected chi connectivity index (χ2v) is 10.4. The summed E-state index contributed by atoms with van der Waals surface area (Å²) in [6.07, 6.45) is 34.8. The third-order valence-electron chi connectivity index (χ3n) is 6.40. The Balaban J connectivity index is 3.80. The molecule has 0 aromatic heterocycles. The lowest BCUT2D eigenvalue weighted by Gasteiger charge is -2.15. The molecule has 0 bridgehead atoms. The Morgan fingerprint density at radius 3 is 2.00 bits per heavy atom. The molecule has 0 aliphatic heterocycles. The summed E-state index contributed by atoms with van der Waals surface area (Å²) < 4.78 is 10.5. The van der Waals surface area contributed by atoms with Gasteiger partial charge in [-0.15, -0.1) is 0 Å². The molecule has 0 aromatic rings. The van der Waals surface area contributed by atoms with Crippen LogP contribution in [0.4, 0.5) is 0 Å². The third-order valence-corrected chi connectivity index (χ3v) is 6.40. The summed E-state index contributed by atoms with van der Waals surface area (Å²) in [7, 11) is 0. The molecule has 0 radical (unpaired) electrons. The highest BCUT2D eigenvalue weighted by atomic mass is 16.6. The first-order valence-corrected chi connectivity index (χ1v) is 16.0. The Morgan fingerprint density at radius 1 is 0.707 bits per heavy atom. The fourth-order valence-electron chi connectivity index (χ4n) is 3.96. The van der Waals surface area contributed by atoms with Crippen LogP contribution in [0.3, 0.4) is 0 Å². The first-order chi connectivity index (χ1) is 20.0. The highest BCUT2D eigenvalue weighted by molar-refractivity contribution is 5.70. The molecule has 0 aromatic carbocycles. The summed E-state index contributed by atoms with van der Waals surface area (Å²) in [6.45, 7) is 3.80. The monoisotopic (exact) mass is 574 g/mol. The molecule has 0 saturated heterocycles. The van der Waals surface area contributed by atoms with Crippen LogP contribution < -0.4 is 0 Å². The number of carbonyl (C=O) groups excluding carboxylic acids is 2. The normalized spacial score (nSPS) is 13.8. The summed E-state index contributed by atoms with van der Waals surface area (Å²) in [5.41, 5.74) is 0. The summed E-state index contributed by atoms with van der Waals surface area (Å²) in [4.78, 5) is 24.0. The van der Waals surface area contributed by atoms with Crippen molar-refractivity contribution in [2.75, 3.05) is 13.2 Å². The van der Waals surface area contributed by atoms with Gasteiger partial charge in [-0.25, -0.2) is 0 Å². The Labute approximate surface area is 250 Å². The molecule has 0 heterocycles. The highest BCUT2D eigenvalue weighted by Gasteiger charge is 2.15. The minimum absolute atomic E-state index is 0.101. The van der Waals surface area contributed by atoms with Crippen molar-refractivity contribution >= 4 is 11.9 Å². The number of rotatable bonds is 27. The van der Waals surface area contributed by atoms with E-state index in [4.69, 9.17) is 9.47 Å². The van der Waals surface area contributed by atoms with Crippen LogP contribution in [0, 0.1) is 0 Å². The van der Waals surface area contributed by atoms with Gasteiger partial charge >= 0.3 is 11.9 Å². The van der Waals surface area contributed by atoms with Crippen molar-refractivity contribution in [3.05, 3.63) is 60.8 Å². The van der Waals surface area contributed by atoms with E-state index in [1.165, 1.54) is 38.5 Å². The minimum Gasteiger partial charge on any atom is -0.462 e. The number of carbonyl (C=O) groups is 2. The Morgan fingerprint density at radius 2 is 1.32 bits per heavy atom.